The quantitative estimate of drug-likeness (QED) is 0.169. The number of aromatic nitrogens is 1. The second kappa shape index (κ2) is 10.6. The smallest absolute Gasteiger partial charge is 0.0541 e. The van der Waals surface area contributed by atoms with Crippen molar-refractivity contribution in [3.8, 4) is 39.1 Å². The van der Waals surface area contributed by atoms with E-state index in [4.69, 9.17) is 0 Å². The molecule has 12 rings (SSSR count). The maximum absolute atomic E-state index is 2.64. The summed E-state index contributed by atoms with van der Waals surface area (Å²) in [6, 6.07) is 53.6. The average Bonchev–Trinajstić information content (AvgIpc) is 3.88. The number of hydrogen-bond donors (Lipinski definition) is 0. The summed E-state index contributed by atoms with van der Waals surface area (Å²) >= 11 is 1.88. The summed E-state index contributed by atoms with van der Waals surface area (Å²) in [4.78, 5) is 0. The van der Waals surface area contributed by atoms with E-state index >= 15 is 0 Å². The number of thiophene rings is 1. The Morgan fingerprint density at radius 3 is 2.04 bits per heavy atom. The summed E-state index contributed by atoms with van der Waals surface area (Å²) in [7, 11) is 0. The van der Waals surface area contributed by atoms with Crippen molar-refractivity contribution in [2.45, 2.75) is 56.8 Å². The van der Waals surface area contributed by atoms with E-state index in [-0.39, 0.29) is 10.8 Å². The first-order valence-corrected chi connectivity index (χ1v) is 20.2. The van der Waals surface area contributed by atoms with Crippen molar-refractivity contribution < 1.29 is 0 Å². The van der Waals surface area contributed by atoms with E-state index in [2.05, 4.69) is 158 Å². The Bertz CT molecular complexity index is 3020. The van der Waals surface area contributed by atoms with Crippen LogP contribution in [0.2, 0.25) is 0 Å². The molecule has 1 spiro atoms. The van der Waals surface area contributed by atoms with Crippen LogP contribution in [0, 0.1) is 0 Å². The van der Waals surface area contributed by atoms with Crippen LogP contribution in [-0.2, 0) is 10.8 Å². The second-order valence-electron chi connectivity index (χ2n) is 16.4. The summed E-state index contributed by atoms with van der Waals surface area (Å²) in [5, 5.41) is 5.25. The van der Waals surface area contributed by atoms with Crippen molar-refractivity contribution in [1.82, 2.24) is 4.57 Å². The highest BCUT2D eigenvalue weighted by molar-refractivity contribution is 7.25. The first-order valence-electron chi connectivity index (χ1n) is 19.4. The number of nitrogens with zero attached hydrogens (tertiary/aromatic N) is 1. The molecular weight excluding hydrogens is 659 g/mol. The molecule has 1 saturated carbocycles. The molecule has 0 atom stereocenters. The second-order valence-corrected chi connectivity index (χ2v) is 17.5. The standard InChI is InChI=1S/C51H39NS/c1-50(2)42-21-18-31(26-37(42)39-30-45-38(29-44(39)50)34-12-4-7-15-43(34)51(45)24-10-3-11-25-51)32-19-22-47-40(27-32)35-13-5-8-16-46(35)52(47)33-20-23-49-41(28-33)36-14-6-9-17-48(36)53-49/h4-9,12-23,26-30H,3,10-11,24-25H2,1-2H3. The van der Waals surface area contributed by atoms with Gasteiger partial charge >= 0.3 is 0 Å². The molecule has 7 aromatic carbocycles. The van der Waals surface area contributed by atoms with Crippen molar-refractivity contribution in [2.75, 3.05) is 0 Å². The highest BCUT2D eigenvalue weighted by atomic mass is 32.1. The molecule has 53 heavy (non-hydrogen) atoms. The van der Waals surface area contributed by atoms with Crippen LogP contribution in [0.5, 0.6) is 0 Å². The molecule has 0 amide bonds. The normalized spacial score (nSPS) is 16.4. The lowest BCUT2D eigenvalue weighted by atomic mass is 9.67. The van der Waals surface area contributed by atoms with Crippen LogP contribution in [0.15, 0.2) is 140 Å². The third-order valence-corrected chi connectivity index (χ3v) is 14.5. The molecule has 0 unspecified atom stereocenters. The molecule has 0 aliphatic heterocycles. The number of para-hydroxylation sites is 1. The Balaban J connectivity index is 1.02. The monoisotopic (exact) mass is 697 g/mol. The van der Waals surface area contributed by atoms with Crippen LogP contribution < -0.4 is 0 Å². The van der Waals surface area contributed by atoms with Gasteiger partial charge in [-0.2, -0.15) is 0 Å². The van der Waals surface area contributed by atoms with Crippen LogP contribution in [0.4, 0.5) is 0 Å². The van der Waals surface area contributed by atoms with E-state index in [9.17, 15) is 0 Å². The van der Waals surface area contributed by atoms with Gasteiger partial charge in [0.1, 0.15) is 0 Å². The van der Waals surface area contributed by atoms with Gasteiger partial charge in [0.15, 0.2) is 0 Å². The molecule has 0 radical (unpaired) electrons. The van der Waals surface area contributed by atoms with Crippen LogP contribution in [0.1, 0.15) is 68.2 Å². The van der Waals surface area contributed by atoms with Crippen LogP contribution in [0.3, 0.4) is 0 Å². The molecular formula is C51H39NS. The van der Waals surface area contributed by atoms with E-state index in [1.54, 1.807) is 11.1 Å². The van der Waals surface area contributed by atoms with Gasteiger partial charge in [0.25, 0.3) is 0 Å². The van der Waals surface area contributed by atoms with E-state index in [0.717, 1.165) is 0 Å². The number of rotatable bonds is 2. The summed E-state index contributed by atoms with van der Waals surface area (Å²) in [5.41, 5.74) is 18.2. The van der Waals surface area contributed by atoms with Crippen molar-refractivity contribution in [3.05, 3.63) is 162 Å². The zero-order valence-corrected chi connectivity index (χ0v) is 31.0. The summed E-state index contributed by atoms with van der Waals surface area (Å²) < 4.78 is 5.14. The molecule has 2 heterocycles. The number of hydrogen-bond acceptors (Lipinski definition) is 1. The zero-order chi connectivity index (χ0) is 35.1. The SMILES string of the molecule is CC1(C)c2ccc(-c3ccc4c(c3)c3ccccc3n4-c3ccc4sc5ccccc5c4c3)cc2-c2cc3c(cc21)-c1ccccc1C31CCCCC1. The number of benzene rings is 7. The minimum atomic E-state index is -0.0538. The topological polar surface area (TPSA) is 4.93 Å². The van der Waals surface area contributed by atoms with Crippen molar-refractivity contribution in [3.63, 3.8) is 0 Å². The van der Waals surface area contributed by atoms with E-state index in [0.29, 0.717) is 0 Å². The van der Waals surface area contributed by atoms with Gasteiger partial charge in [0.2, 0.25) is 0 Å². The van der Waals surface area contributed by atoms with Gasteiger partial charge in [-0.05, 0) is 129 Å². The highest BCUT2D eigenvalue weighted by Crippen LogP contribution is 2.60. The van der Waals surface area contributed by atoms with Gasteiger partial charge in [0.05, 0.1) is 11.0 Å². The van der Waals surface area contributed by atoms with E-state index in [1.807, 2.05) is 11.3 Å². The lowest BCUT2D eigenvalue weighted by molar-refractivity contribution is 0.353. The molecule has 9 aromatic rings. The molecule has 0 N–H and O–H groups in total. The Morgan fingerprint density at radius 2 is 1.13 bits per heavy atom. The predicted molar refractivity (Wildman–Crippen MR) is 226 cm³/mol. The molecule has 254 valence electrons. The van der Waals surface area contributed by atoms with Crippen LogP contribution in [-0.4, -0.2) is 4.57 Å². The molecule has 0 saturated heterocycles. The molecule has 3 aliphatic carbocycles. The Morgan fingerprint density at radius 1 is 0.453 bits per heavy atom. The molecule has 2 aromatic heterocycles. The minimum Gasteiger partial charge on any atom is -0.309 e. The Hall–Kier alpha value is -5.44. The third kappa shape index (κ3) is 3.97. The molecule has 3 aliphatic rings. The van der Waals surface area contributed by atoms with Gasteiger partial charge in [-0.3, -0.25) is 0 Å². The molecule has 1 fully saturated rings. The third-order valence-electron chi connectivity index (χ3n) is 13.4. The fourth-order valence-corrected chi connectivity index (χ4v) is 11.9. The summed E-state index contributed by atoms with van der Waals surface area (Å²) in [5.74, 6) is 0. The van der Waals surface area contributed by atoms with E-state index < -0.39 is 0 Å². The van der Waals surface area contributed by atoms with Crippen LogP contribution >= 0.6 is 11.3 Å². The summed E-state index contributed by atoms with van der Waals surface area (Å²) in [6.07, 6.45) is 6.51. The predicted octanol–water partition coefficient (Wildman–Crippen LogP) is 14.4. The van der Waals surface area contributed by atoms with Gasteiger partial charge in [-0.25, -0.2) is 0 Å². The van der Waals surface area contributed by atoms with Crippen molar-refractivity contribution >= 4 is 53.3 Å². The van der Waals surface area contributed by atoms with Gasteiger partial charge in [-0.15, -0.1) is 11.3 Å². The molecule has 0 bridgehead atoms. The maximum Gasteiger partial charge on any atom is 0.0541 e. The lowest BCUT2D eigenvalue weighted by Gasteiger charge is -2.36. The van der Waals surface area contributed by atoms with Crippen LogP contribution in [0.25, 0.3) is 81.0 Å². The molecule has 1 nitrogen and oxygen atoms in total. The first-order chi connectivity index (χ1) is 26.0. The Labute approximate surface area is 314 Å². The largest absolute Gasteiger partial charge is 0.309 e. The summed E-state index contributed by atoms with van der Waals surface area (Å²) in [6.45, 7) is 4.86. The molecule has 2 heteroatoms. The van der Waals surface area contributed by atoms with E-state index in [1.165, 1.54) is 124 Å². The Kier molecular flexibility index (Phi) is 6.00. The maximum atomic E-state index is 2.64. The average molecular weight is 698 g/mol. The van der Waals surface area contributed by atoms with Crippen molar-refractivity contribution in [1.29, 1.82) is 0 Å². The first kappa shape index (κ1) is 30.1. The fourth-order valence-electron chi connectivity index (χ4n) is 10.9. The van der Waals surface area contributed by atoms with Crippen molar-refractivity contribution in [2.24, 2.45) is 0 Å². The van der Waals surface area contributed by atoms with Gasteiger partial charge in [0, 0.05) is 47.5 Å². The lowest BCUT2D eigenvalue weighted by Crippen LogP contribution is -2.28. The zero-order valence-electron chi connectivity index (χ0n) is 30.2. The van der Waals surface area contributed by atoms with Gasteiger partial charge in [-0.1, -0.05) is 112 Å². The fraction of sp³-hybridized carbons (Fsp3) is 0.176. The minimum absolute atomic E-state index is 0.0538. The number of fused-ring (bicyclic) bond motifs is 14. The van der Waals surface area contributed by atoms with Gasteiger partial charge < -0.3 is 4.57 Å². The highest BCUT2D eigenvalue weighted by Gasteiger charge is 2.46.